The van der Waals surface area contributed by atoms with Crippen molar-refractivity contribution >= 4 is 29.5 Å². The van der Waals surface area contributed by atoms with Gasteiger partial charge in [0.2, 0.25) is 0 Å². The van der Waals surface area contributed by atoms with E-state index in [0.29, 0.717) is 50.5 Å². The first-order valence-electron chi connectivity index (χ1n) is 15.0. The molecule has 9 atom stereocenters. The molecule has 4 fully saturated rings. The molecule has 0 saturated heterocycles. The molecule has 0 amide bonds. The van der Waals surface area contributed by atoms with Crippen LogP contribution in [0, 0.1) is 39.9 Å². The summed E-state index contributed by atoms with van der Waals surface area (Å²) < 4.78 is 11.6. The first-order valence-corrected chi connectivity index (χ1v) is 15.0. The number of allylic oxidation sites excluding steroid dienone is 2. The van der Waals surface area contributed by atoms with Gasteiger partial charge in [-0.3, -0.25) is 19.2 Å². The van der Waals surface area contributed by atoms with Crippen LogP contribution in [0.4, 0.5) is 0 Å². The van der Waals surface area contributed by atoms with Crippen LogP contribution in [0.3, 0.4) is 0 Å². The van der Waals surface area contributed by atoms with Gasteiger partial charge in [0.05, 0.1) is 0 Å². The lowest BCUT2D eigenvalue weighted by Crippen LogP contribution is -2.70. The van der Waals surface area contributed by atoms with Crippen molar-refractivity contribution in [3.8, 4) is 0 Å². The second kappa shape index (κ2) is 10.8. The zero-order valence-electron chi connectivity index (χ0n) is 25.8. The summed E-state index contributed by atoms with van der Waals surface area (Å²) in [6, 6.07) is 0. The van der Waals surface area contributed by atoms with Gasteiger partial charge < -0.3 is 14.6 Å². The van der Waals surface area contributed by atoms with E-state index in [1.54, 1.807) is 0 Å². The molecular formula is C33H46O8. The highest BCUT2D eigenvalue weighted by Crippen LogP contribution is 2.73. The number of esters is 2. The molecule has 0 aromatic heterocycles. The SMILES string of the molecule is CC(=O)OC1CC2(C)C(CCC3C4(C)CCC(=O)C(C)C4C(OC(C)=O)C(=O)C32C)C1=C(CCC=C(C)C)C(=O)O. The van der Waals surface area contributed by atoms with Gasteiger partial charge in [-0.2, -0.15) is 0 Å². The molecular weight excluding hydrogens is 524 g/mol. The molecule has 41 heavy (non-hydrogen) atoms. The number of ether oxygens (including phenoxy) is 2. The van der Waals surface area contributed by atoms with Crippen LogP contribution < -0.4 is 0 Å². The number of ketones is 2. The predicted octanol–water partition coefficient (Wildman–Crippen LogP) is 5.62. The smallest absolute Gasteiger partial charge is 0.331 e. The van der Waals surface area contributed by atoms with Crippen molar-refractivity contribution in [1.29, 1.82) is 0 Å². The number of carboxylic acids is 1. The van der Waals surface area contributed by atoms with Gasteiger partial charge in [0.15, 0.2) is 11.9 Å². The molecule has 0 bridgehead atoms. The fraction of sp³-hybridized carbons (Fsp3) is 0.727. The third-order valence-corrected chi connectivity index (χ3v) is 11.5. The fourth-order valence-corrected chi connectivity index (χ4v) is 9.64. The van der Waals surface area contributed by atoms with Crippen LogP contribution in [-0.4, -0.2) is 46.8 Å². The third kappa shape index (κ3) is 4.79. The number of rotatable bonds is 6. The van der Waals surface area contributed by atoms with Crippen LogP contribution in [0.25, 0.3) is 0 Å². The minimum absolute atomic E-state index is 0.0874. The van der Waals surface area contributed by atoms with E-state index in [9.17, 15) is 29.1 Å². The summed E-state index contributed by atoms with van der Waals surface area (Å²) >= 11 is 0. The molecule has 0 spiro atoms. The summed E-state index contributed by atoms with van der Waals surface area (Å²) in [5, 5.41) is 10.4. The topological polar surface area (TPSA) is 124 Å². The highest BCUT2D eigenvalue weighted by atomic mass is 16.5. The number of carboxylic acid groups (broad SMARTS) is 1. The number of Topliss-reactive ketones (excluding diaryl/α,β-unsaturated/α-hetero) is 2. The molecule has 0 aromatic carbocycles. The molecule has 4 aliphatic rings. The molecule has 0 heterocycles. The Balaban J connectivity index is 1.91. The number of fused-ring (bicyclic) bond motifs is 5. The lowest BCUT2D eigenvalue weighted by molar-refractivity contribution is -0.219. The van der Waals surface area contributed by atoms with Crippen molar-refractivity contribution < 1.29 is 38.6 Å². The normalized spacial score (nSPS) is 41.0. The third-order valence-electron chi connectivity index (χ3n) is 11.5. The van der Waals surface area contributed by atoms with Crippen LogP contribution >= 0.6 is 0 Å². The first kappa shape index (κ1) is 31.2. The zero-order valence-corrected chi connectivity index (χ0v) is 25.8. The molecule has 8 heteroatoms. The number of hydrogen-bond acceptors (Lipinski definition) is 7. The summed E-state index contributed by atoms with van der Waals surface area (Å²) in [4.78, 5) is 65.0. The van der Waals surface area contributed by atoms with Crippen molar-refractivity contribution in [2.75, 3.05) is 0 Å². The Morgan fingerprint density at radius 1 is 1.00 bits per heavy atom. The van der Waals surface area contributed by atoms with Crippen LogP contribution in [-0.2, 0) is 33.4 Å². The van der Waals surface area contributed by atoms with Crippen LogP contribution in [0.2, 0.25) is 0 Å². The Labute approximate surface area is 243 Å². The van der Waals surface area contributed by atoms with Gasteiger partial charge in [-0.1, -0.05) is 39.3 Å². The predicted molar refractivity (Wildman–Crippen MR) is 151 cm³/mol. The van der Waals surface area contributed by atoms with E-state index in [1.165, 1.54) is 13.8 Å². The molecule has 4 aliphatic carbocycles. The van der Waals surface area contributed by atoms with Gasteiger partial charge >= 0.3 is 17.9 Å². The molecule has 0 aliphatic heterocycles. The lowest BCUT2D eigenvalue weighted by atomic mass is 9.36. The molecule has 0 radical (unpaired) electrons. The standard InChI is InChI=1S/C33H46O8/c1-17(2)10-9-11-21(30(38)39)26-22-12-13-25-31(6)15-14-23(36)18(3)27(31)28(41-20(5)35)29(37)33(25,8)32(22,7)16-24(26)40-19(4)34/h10,18,22,24-25,27-28H,9,11-16H2,1-8H3,(H,38,39). The highest BCUT2D eigenvalue weighted by Gasteiger charge is 2.74. The van der Waals surface area contributed by atoms with E-state index >= 15 is 0 Å². The monoisotopic (exact) mass is 570 g/mol. The van der Waals surface area contributed by atoms with Gasteiger partial charge in [-0.15, -0.1) is 0 Å². The van der Waals surface area contributed by atoms with Gasteiger partial charge in [0.25, 0.3) is 0 Å². The van der Waals surface area contributed by atoms with Gasteiger partial charge in [-0.05, 0) is 80.6 Å². The summed E-state index contributed by atoms with van der Waals surface area (Å²) in [5.74, 6) is -3.44. The van der Waals surface area contributed by atoms with E-state index < -0.39 is 58.2 Å². The first-order chi connectivity index (χ1) is 19.0. The molecule has 226 valence electrons. The van der Waals surface area contributed by atoms with Crippen molar-refractivity contribution in [1.82, 2.24) is 0 Å². The summed E-state index contributed by atoms with van der Waals surface area (Å²) in [6.45, 7) is 14.5. The molecule has 1 N–H and O–H groups in total. The summed E-state index contributed by atoms with van der Waals surface area (Å²) in [5.41, 5.74) is -0.222. The van der Waals surface area contributed by atoms with E-state index in [4.69, 9.17) is 9.47 Å². The van der Waals surface area contributed by atoms with Crippen LogP contribution in [0.15, 0.2) is 22.8 Å². The van der Waals surface area contributed by atoms with Crippen molar-refractivity contribution in [3.63, 3.8) is 0 Å². The maximum atomic E-state index is 14.8. The molecule has 0 aromatic rings. The molecule has 8 nitrogen and oxygen atoms in total. The van der Waals surface area contributed by atoms with Gasteiger partial charge in [-0.25, -0.2) is 4.79 Å². The molecule has 4 rings (SSSR count). The van der Waals surface area contributed by atoms with E-state index in [2.05, 4.69) is 6.92 Å². The molecule has 4 saturated carbocycles. The minimum atomic E-state index is -1.06. The number of hydrogen-bond donors (Lipinski definition) is 1. The van der Waals surface area contributed by atoms with Crippen molar-refractivity contribution in [2.24, 2.45) is 39.9 Å². The average molecular weight is 571 g/mol. The van der Waals surface area contributed by atoms with Gasteiger partial charge in [0.1, 0.15) is 11.9 Å². The second-order valence-corrected chi connectivity index (χ2v) is 13.8. The Bertz CT molecular complexity index is 1220. The van der Waals surface area contributed by atoms with Gasteiger partial charge in [0, 0.05) is 43.1 Å². The lowest BCUT2D eigenvalue weighted by Gasteiger charge is -2.67. The summed E-state index contributed by atoms with van der Waals surface area (Å²) in [7, 11) is 0. The zero-order chi connectivity index (χ0) is 30.7. The second-order valence-electron chi connectivity index (χ2n) is 13.8. The largest absolute Gasteiger partial charge is 0.478 e. The highest BCUT2D eigenvalue weighted by molar-refractivity contribution is 5.95. The van der Waals surface area contributed by atoms with Crippen LogP contribution in [0.5, 0.6) is 0 Å². The van der Waals surface area contributed by atoms with E-state index in [0.717, 1.165) is 5.57 Å². The van der Waals surface area contributed by atoms with Crippen molar-refractivity contribution in [3.05, 3.63) is 22.8 Å². The van der Waals surface area contributed by atoms with Crippen LogP contribution in [0.1, 0.15) is 100 Å². The van der Waals surface area contributed by atoms with E-state index in [-0.39, 0.29) is 29.0 Å². The maximum Gasteiger partial charge on any atom is 0.331 e. The number of carbonyl (C=O) groups is 5. The Morgan fingerprint density at radius 3 is 2.20 bits per heavy atom. The Hall–Kier alpha value is -2.77. The Kier molecular flexibility index (Phi) is 8.22. The number of aliphatic carboxylic acids is 1. The maximum absolute atomic E-state index is 14.8. The quantitative estimate of drug-likeness (QED) is 0.248. The van der Waals surface area contributed by atoms with Crippen molar-refractivity contribution in [2.45, 2.75) is 113 Å². The Morgan fingerprint density at radius 2 is 1.63 bits per heavy atom. The fourth-order valence-electron chi connectivity index (χ4n) is 9.64. The molecule has 9 unspecified atom stereocenters. The minimum Gasteiger partial charge on any atom is -0.478 e. The van der Waals surface area contributed by atoms with E-state index in [1.807, 2.05) is 40.7 Å². The number of carbonyl (C=O) groups excluding carboxylic acids is 4. The average Bonchev–Trinajstić information content (AvgIpc) is 3.14. The summed E-state index contributed by atoms with van der Waals surface area (Å²) in [6.07, 6.45) is 3.66.